The molecular formula is C24H28N4O4S. The van der Waals surface area contributed by atoms with Crippen LogP contribution < -0.4 is 10.6 Å². The third kappa shape index (κ3) is 7.87. The Hall–Kier alpha value is -3.46. The monoisotopic (exact) mass is 468 g/mol. The molecule has 0 aliphatic heterocycles. The summed E-state index contributed by atoms with van der Waals surface area (Å²) < 4.78 is 5.18. The summed E-state index contributed by atoms with van der Waals surface area (Å²) in [6.45, 7) is 4.79. The predicted octanol–water partition coefficient (Wildman–Crippen LogP) is 3.37. The van der Waals surface area contributed by atoms with Crippen molar-refractivity contribution in [3.05, 3.63) is 71.1 Å². The minimum Gasteiger partial charge on any atom is -0.459 e. The van der Waals surface area contributed by atoms with Crippen LogP contribution in [0.5, 0.6) is 0 Å². The van der Waals surface area contributed by atoms with E-state index in [1.54, 1.807) is 17.5 Å². The molecule has 0 bridgehead atoms. The van der Waals surface area contributed by atoms with Crippen LogP contribution in [-0.2, 0) is 22.4 Å². The molecule has 0 aliphatic carbocycles. The minimum absolute atomic E-state index is 0.118. The first-order valence-corrected chi connectivity index (χ1v) is 11.7. The van der Waals surface area contributed by atoms with Crippen molar-refractivity contribution in [2.45, 2.75) is 26.7 Å². The summed E-state index contributed by atoms with van der Waals surface area (Å²) in [7, 11) is 0. The lowest BCUT2D eigenvalue weighted by Crippen LogP contribution is -2.40. The van der Waals surface area contributed by atoms with E-state index in [-0.39, 0.29) is 42.4 Å². The molecule has 33 heavy (non-hydrogen) atoms. The van der Waals surface area contributed by atoms with Gasteiger partial charge in [-0.2, -0.15) is 0 Å². The predicted molar refractivity (Wildman–Crippen MR) is 127 cm³/mol. The average molecular weight is 469 g/mol. The maximum Gasteiger partial charge on any atom is 0.290 e. The van der Waals surface area contributed by atoms with E-state index in [4.69, 9.17) is 4.42 Å². The molecule has 0 radical (unpaired) electrons. The molecule has 3 rings (SSSR count). The smallest absolute Gasteiger partial charge is 0.290 e. The Kier molecular flexibility index (Phi) is 8.77. The van der Waals surface area contributed by atoms with Crippen LogP contribution in [0.15, 0.2) is 58.5 Å². The zero-order valence-electron chi connectivity index (χ0n) is 18.7. The maximum absolute atomic E-state index is 12.6. The fourth-order valence-corrected chi connectivity index (χ4v) is 3.94. The number of furan rings is 1. The number of thiazole rings is 1. The fourth-order valence-electron chi connectivity index (χ4n) is 3.21. The highest BCUT2D eigenvalue weighted by molar-refractivity contribution is 7.13. The highest BCUT2D eigenvalue weighted by atomic mass is 32.1. The molecule has 3 amide bonds. The van der Waals surface area contributed by atoms with E-state index < -0.39 is 0 Å². The van der Waals surface area contributed by atoms with Gasteiger partial charge in [0.2, 0.25) is 11.8 Å². The van der Waals surface area contributed by atoms with Gasteiger partial charge in [0.1, 0.15) is 6.54 Å². The largest absolute Gasteiger partial charge is 0.459 e. The van der Waals surface area contributed by atoms with Crippen molar-refractivity contribution in [1.29, 1.82) is 0 Å². The molecule has 2 aromatic heterocycles. The molecule has 0 saturated carbocycles. The van der Waals surface area contributed by atoms with E-state index >= 15 is 0 Å². The summed E-state index contributed by atoms with van der Waals surface area (Å²) in [5.74, 6) is -0.442. The maximum atomic E-state index is 12.6. The van der Waals surface area contributed by atoms with E-state index in [0.29, 0.717) is 23.9 Å². The quantitative estimate of drug-likeness (QED) is 0.449. The molecule has 0 unspecified atom stereocenters. The highest BCUT2D eigenvalue weighted by Gasteiger charge is 2.22. The number of rotatable bonds is 11. The van der Waals surface area contributed by atoms with Crippen LogP contribution in [0.4, 0.5) is 5.13 Å². The van der Waals surface area contributed by atoms with E-state index in [1.807, 2.05) is 44.2 Å². The van der Waals surface area contributed by atoms with Gasteiger partial charge in [0, 0.05) is 18.5 Å². The van der Waals surface area contributed by atoms with Crippen molar-refractivity contribution in [3.63, 3.8) is 0 Å². The summed E-state index contributed by atoms with van der Waals surface area (Å²) in [5, 5.41) is 7.73. The lowest BCUT2D eigenvalue weighted by Gasteiger charge is -2.22. The van der Waals surface area contributed by atoms with Crippen LogP contribution in [-0.4, -0.2) is 47.2 Å². The zero-order chi connectivity index (χ0) is 23.6. The first kappa shape index (κ1) is 24.2. The number of aromatic nitrogens is 1. The number of nitrogens with one attached hydrogen (secondary N) is 2. The van der Waals surface area contributed by atoms with Crippen LogP contribution in [0, 0.1) is 5.92 Å². The molecule has 0 saturated heterocycles. The Morgan fingerprint density at radius 3 is 2.58 bits per heavy atom. The molecule has 0 fully saturated rings. The van der Waals surface area contributed by atoms with Gasteiger partial charge >= 0.3 is 0 Å². The molecule has 0 atom stereocenters. The van der Waals surface area contributed by atoms with Gasteiger partial charge in [-0.3, -0.25) is 14.4 Å². The third-order valence-corrected chi connectivity index (χ3v) is 5.46. The van der Waals surface area contributed by atoms with Crippen molar-refractivity contribution in [2.75, 3.05) is 25.0 Å². The lowest BCUT2D eigenvalue weighted by atomic mass is 10.1. The molecule has 174 valence electrons. The molecule has 9 heteroatoms. The van der Waals surface area contributed by atoms with E-state index in [9.17, 15) is 14.4 Å². The molecule has 2 heterocycles. The lowest BCUT2D eigenvalue weighted by molar-refractivity contribution is -0.120. The van der Waals surface area contributed by atoms with Gasteiger partial charge in [0.25, 0.3) is 5.91 Å². The van der Waals surface area contributed by atoms with Gasteiger partial charge in [-0.25, -0.2) is 4.98 Å². The van der Waals surface area contributed by atoms with Crippen molar-refractivity contribution >= 4 is 34.2 Å². The third-order valence-electron chi connectivity index (χ3n) is 4.66. The summed E-state index contributed by atoms with van der Waals surface area (Å²) in [4.78, 5) is 43.1. The summed E-state index contributed by atoms with van der Waals surface area (Å²) in [5.41, 5.74) is 1.74. The first-order valence-electron chi connectivity index (χ1n) is 10.8. The molecule has 3 aromatic rings. The van der Waals surface area contributed by atoms with Crippen LogP contribution in [0.25, 0.3) is 0 Å². The molecule has 0 spiro atoms. The van der Waals surface area contributed by atoms with E-state index in [2.05, 4.69) is 15.6 Å². The minimum atomic E-state index is -0.358. The average Bonchev–Trinajstić information content (AvgIpc) is 3.45. The van der Waals surface area contributed by atoms with Gasteiger partial charge in [0.15, 0.2) is 10.9 Å². The topological polar surface area (TPSA) is 105 Å². The van der Waals surface area contributed by atoms with Crippen LogP contribution in [0.3, 0.4) is 0 Å². The SMILES string of the molecule is CC(C)CN(CC(=O)Nc1nc(CC(=O)NCCc2ccccc2)cs1)C(=O)c1ccco1. The van der Waals surface area contributed by atoms with Gasteiger partial charge in [0.05, 0.1) is 18.4 Å². The summed E-state index contributed by atoms with van der Waals surface area (Å²) >= 11 is 1.24. The highest BCUT2D eigenvalue weighted by Crippen LogP contribution is 2.16. The Labute approximate surface area is 197 Å². The van der Waals surface area contributed by atoms with Crippen LogP contribution >= 0.6 is 11.3 Å². The normalized spacial score (nSPS) is 10.8. The molecule has 1 aromatic carbocycles. The van der Waals surface area contributed by atoms with Crippen LogP contribution in [0.1, 0.15) is 35.7 Å². The van der Waals surface area contributed by atoms with Gasteiger partial charge in [-0.15, -0.1) is 11.3 Å². The number of anilines is 1. The van der Waals surface area contributed by atoms with Crippen molar-refractivity contribution in [3.8, 4) is 0 Å². The van der Waals surface area contributed by atoms with Gasteiger partial charge < -0.3 is 20.0 Å². The van der Waals surface area contributed by atoms with E-state index in [0.717, 1.165) is 12.0 Å². The molecule has 2 N–H and O–H groups in total. The number of benzene rings is 1. The summed E-state index contributed by atoms with van der Waals surface area (Å²) in [6, 6.07) is 13.1. The Bertz CT molecular complexity index is 1050. The second-order valence-electron chi connectivity index (χ2n) is 8.01. The number of hydrogen-bond acceptors (Lipinski definition) is 6. The number of amides is 3. The standard InChI is InChI=1S/C24H28N4O4S/c1-17(2)14-28(23(31)20-9-6-12-32-20)15-22(30)27-24-26-19(16-33-24)13-21(29)25-11-10-18-7-4-3-5-8-18/h3-9,12,16-17H,10-11,13-15H2,1-2H3,(H,25,29)(H,26,27,30). The van der Waals surface area contributed by atoms with Crippen molar-refractivity contribution in [2.24, 2.45) is 5.92 Å². The molecule has 8 nitrogen and oxygen atoms in total. The Balaban J connectivity index is 1.47. The fraction of sp³-hybridized carbons (Fsp3) is 0.333. The van der Waals surface area contributed by atoms with Gasteiger partial charge in [-0.1, -0.05) is 44.2 Å². The number of hydrogen-bond donors (Lipinski definition) is 2. The number of carbonyl (C=O) groups is 3. The van der Waals surface area contributed by atoms with E-state index in [1.165, 1.54) is 22.5 Å². The van der Waals surface area contributed by atoms with Gasteiger partial charge in [-0.05, 0) is 30.0 Å². The number of nitrogens with zero attached hydrogens (tertiary/aromatic N) is 2. The first-order chi connectivity index (χ1) is 15.9. The van der Waals surface area contributed by atoms with Crippen LogP contribution in [0.2, 0.25) is 0 Å². The number of carbonyl (C=O) groups excluding carboxylic acids is 3. The summed E-state index contributed by atoms with van der Waals surface area (Å²) in [6.07, 6.45) is 2.32. The molecule has 0 aliphatic rings. The zero-order valence-corrected chi connectivity index (χ0v) is 19.6. The Morgan fingerprint density at radius 1 is 1.09 bits per heavy atom. The second-order valence-corrected chi connectivity index (χ2v) is 8.87. The van der Waals surface area contributed by atoms with Crippen molar-refractivity contribution < 1.29 is 18.8 Å². The second kappa shape index (κ2) is 12.0. The molecular weight excluding hydrogens is 440 g/mol. The van der Waals surface area contributed by atoms with Crippen molar-refractivity contribution in [1.82, 2.24) is 15.2 Å². The Morgan fingerprint density at radius 2 is 1.88 bits per heavy atom.